The van der Waals surface area contributed by atoms with Crippen molar-refractivity contribution in [2.45, 2.75) is 25.6 Å². The largest absolute Gasteiger partial charge is 0.496 e. The molecule has 2 amide bonds. The minimum absolute atomic E-state index is 0.123. The number of hydrogen-bond acceptors (Lipinski definition) is 4. The number of nitrogens with one attached hydrogen (secondary N) is 1. The zero-order valence-electron chi connectivity index (χ0n) is 19.6. The average molecular weight is 485 g/mol. The van der Waals surface area contributed by atoms with Gasteiger partial charge in [-0.05, 0) is 28.6 Å². The molecule has 4 rings (SSSR count). The van der Waals surface area contributed by atoms with Gasteiger partial charge in [0.1, 0.15) is 11.8 Å². The Balaban J connectivity index is 1.69. The SMILES string of the molecule is COc1ccccc1CN(C(=O)Cc1cccs1)C(C(=O)NCc1ccccc1)c1ccccc1. The number of rotatable bonds is 10. The zero-order chi connectivity index (χ0) is 24.5. The normalized spacial score (nSPS) is 11.5. The fraction of sp³-hybridized carbons (Fsp3) is 0.172. The lowest BCUT2D eigenvalue weighted by Crippen LogP contribution is -2.43. The second-order valence-electron chi connectivity index (χ2n) is 8.11. The number of amides is 2. The molecule has 3 aromatic carbocycles. The minimum Gasteiger partial charge on any atom is -0.496 e. The molecule has 1 heterocycles. The molecule has 1 atom stereocenters. The number of benzene rings is 3. The highest BCUT2D eigenvalue weighted by molar-refractivity contribution is 7.10. The monoisotopic (exact) mass is 484 g/mol. The molecule has 0 radical (unpaired) electrons. The van der Waals surface area contributed by atoms with E-state index in [1.165, 1.54) is 11.3 Å². The van der Waals surface area contributed by atoms with E-state index in [-0.39, 0.29) is 24.8 Å². The van der Waals surface area contributed by atoms with Crippen molar-refractivity contribution < 1.29 is 14.3 Å². The van der Waals surface area contributed by atoms with Crippen LogP contribution in [0.5, 0.6) is 5.75 Å². The standard InChI is InChI=1S/C29H28N2O3S/c1-34-26-17-9-8-15-24(26)21-31(27(32)19-25-16-10-18-35-25)28(23-13-6-3-7-14-23)29(33)30-20-22-11-4-2-5-12-22/h2-18,28H,19-21H2,1H3,(H,30,33). The molecule has 0 spiro atoms. The van der Waals surface area contributed by atoms with Crippen LogP contribution < -0.4 is 10.1 Å². The van der Waals surface area contributed by atoms with Crippen molar-refractivity contribution in [3.63, 3.8) is 0 Å². The van der Waals surface area contributed by atoms with Crippen LogP contribution in [-0.2, 0) is 29.1 Å². The van der Waals surface area contributed by atoms with Crippen molar-refractivity contribution in [2.24, 2.45) is 0 Å². The van der Waals surface area contributed by atoms with Crippen molar-refractivity contribution in [1.82, 2.24) is 10.2 Å². The van der Waals surface area contributed by atoms with Crippen LogP contribution in [0.15, 0.2) is 102 Å². The van der Waals surface area contributed by atoms with E-state index in [4.69, 9.17) is 4.74 Å². The van der Waals surface area contributed by atoms with E-state index in [2.05, 4.69) is 5.32 Å². The van der Waals surface area contributed by atoms with Gasteiger partial charge in [-0.3, -0.25) is 9.59 Å². The first-order valence-corrected chi connectivity index (χ1v) is 12.3. The number of hydrogen-bond donors (Lipinski definition) is 1. The number of carbonyl (C=O) groups excluding carboxylic acids is 2. The van der Waals surface area contributed by atoms with Gasteiger partial charge in [-0.1, -0.05) is 84.9 Å². The van der Waals surface area contributed by atoms with Crippen LogP contribution in [0.3, 0.4) is 0 Å². The Labute approximate surface area is 210 Å². The van der Waals surface area contributed by atoms with Crippen molar-refractivity contribution in [3.8, 4) is 5.75 Å². The van der Waals surface area contributed by atoms with E-state index < -0.39 is 6.04 Å². The molecule has 1 aromatic heterocycles. The smallest absolute Gasteiger partial charge is 0.247 e. The van der Waals surface area contributed by atoms with Gasteiger partial charge in [0.15, 0.2) is 0 Å². The van der Waals surface area contributed by atoms with E-state index in [1.54, 1.807) is 12.0 Å². The van der Waals surface area contributed by atoms with Gasteiger partial charge >= 0.3 is 0 Å². The Morgan fingerprint density at radius 1 is 0.886 bits per heavy atom. The predicted molar refractivity (Wildman–Crippen MR) is 139 cm³/mol. The van der Waals surface area contributed by atoms with E-state index in [9.17, 15) is 9.59 Å². The highest BCUT2D eigenvalue weighted by atomic mass is 32.1. The third-order valence-electron chi connectivity index (χ3n) is 5.74. The van der Waals surface area contributed by atoms with E-state index >= 15 is 0 Å². The van der Waals surface area contributed by atoms with Crippen LogP contribution in [0.25, 0.3) is 0 Å². The van der Waals surface area contributed by atoms with Crippen molar-refractivity contribution in [2.75, 3.05) is 7.11 Å². The summed E-state index contributed by atoms with van der Waals surface area (Å²) in [5.74, 6) is 0.328. The maximum absolute atomic E-state index is 13.7. The molecular formula is C29H28N2O3S. The fourth-order valence-corrected chi connectivity index (χ4v) is 4.69. The summed E-state index contributed by atoms with van der Waals surface area (Å²) in [4.78, 5) is 30.0. The van der Waals surface area contributed by atoms with Gasteiger partial charge < -0.3 is 15.0 Å². The minimum atomic E-state index is -0.794. The average Bonchev–Trinajstić information content (AvgIpc) is 3.41. The summed E-state index contributed by atoms with van der Waals surface area (Å²) in [6.45, 7) is 0.622. The Hall–Kier alpha value is -3.90. The summed E-state index contributed by atoms with van der Waals surface area (Å²) < 4.78 is 5.55. The molecule has 1 unspecified atom stereocenters. The van der Waals surface area contributed by atoms with Gasteiger partial charge in [0.05, 0.1) is 20.1 Å². The van der Waals surface area contributed by atoms with Crippen LogP contribution >= 0.6 is 11.3 Å². The molecule has 6 heteroatoms. The molecule has 0 aliphatic heterocycles. The summed E-state index contributed by atoms with van der Waals surface area (Å²) in [5, 5.41) is 5.00. The van der Waals surface area contributed by atoms with Crippen LogP contribution in [-0.4, -0.2) is 23.8 Å². The number of ether oxygens (including phenoxy) is 1. The first-order chi connectivity index (χ1) is 17.2. The molecule has 0 fully saturated rings. The molecule has 5 nitrogen and oxygen atoms in total. The van der Waals surface area contributed by atoms with E-state index in [1.807, 2.05) is 102 Å². The number of nitrogens with zero attached hydrogens (tertiary/aromatic N) is 1. The topological polar surface area (TPSA) is 58.6 Å². The first kappa shape index (κ1) is 24.2. The highest BCUT2D eigenvalue weighted by Gasteiger charge is 2.32. The summed E-state index contributed by atoms with van der Waals surface area (Å²) in [5.41, 5.74) is 2.59. The van der Waals surface area contributed by atoms with Gasteiger partial charge in [0.2, 0.25) is 11.8 Å². The number of para-hydroxylation sites is 1. The maximum Gasteiger partial charge on any atom is 0.247 e. The molecule has 178 valence electrons. The van der Waals surface area contributed by atoms with Crippen molar-refractivity contribution in [1.29, 1.82) is 0 Å². The van der Waals surface area contributed by atoms with Gasteiger partial charge in [-0.25, -0.2) is 0 Å². The van der Waals surface area contributed by atoms with Gasteiger partial charge in [-0.15, -0.1) is 11.3 Å². The Morgan fingerprint density at radius 2 is 1.57 bits per heavy atom. The van der Waals surface area contributed by atoms with Gasteiger partial charge in [0, 0.05) is 17.0 Å². The molecular weight excluding hydrogens is 456 g/mol. The number of methoxy groups -OCH3 is 1. The second kappa shape index (κ2) is 12.0. The molecule has 0 bridgehead atoms. The van der Waals surface area contributed by atoms with Gasteiger partial charge in [-0.2, -0.15) is 0 Å². The lowest BCUT2D eigenvalue weighted by Gasteiger charge is -2.32. The second-order valence-corrected chi connectivity index (χ2v) is 9.14. The molecule has 0 saturated carbocycles. The molecule has 0 aliphatic rings. The zero-order valence-corrected chi connectivity index (χ0v) is 20.4. The van der Waals surface area contributed by atoms with Crippen molar-refractivity contribution >= 4 is 23.2 Å². The highest BCUT2D eigenvalue weighted by Crippen LogP contribution is 2.28. The Morgan fingerprint density at radius 3 is 2.26 bits per heavy atom. The quantitative estimate of drug-likeness (QED) is 0.329. The molecule has 0 aliphatic carbocycles. The van der Waals surface area contributed by atoms with Gasteiger partial charge in [0.25, 0.3) is 0 Å². The third-order valence-corrected chi connectivity index (χ3v) is 6.62. The molecule has 1 N–H and O–H groups in total. The lowest BCUT2D eigenvalue weighted by atomic mass is 10.0. The summed E-state index contributed by atoms with van der Waals surface area (Å²) in [7, 11) is 1.61. The Bertz CT molecular complexity index is 1230. The Kier molecular flexibility index (Phi) is 8.30. The number of carbonyl (C=O) groups is 2. The predicted octanol–water partition coefficient (Wildman–Crippen LogP) is 5.39. The first-order valence-electron chi connectivity index (χ1n) is 11.5. The molecule has 35 heavy (non-hydrogen) atoms. The summed E-state index contributed by atoms with van der Waals surface area (Å²) in [6, 6.07) is 29.9. The summed E-state index contributed by atoms with van der Waals surface area (Å²) in [6.07, 6.45) is 0.224. The number of thiophene rings is 1. The fourth-order valence-electron chi connectivity index (χ4n) is 3.99. The lowest BCUT2D eigenvalue weighted by molar-refractivity contribution is -0.141. The molecule has 0 saturated heterocycles. The van der Waals surface area contributed by atoms with E-state index in [0.717, 1.165) is 21.6 Å². The van der Waals surface area contributed by atoms with Crippen molar-refractivity contribution in [3.05, 3.63) is 124 Å². The van der Waals surface area contributed by atoms with Crippen LogP contribution in [0.2, 0.25) is 0 Å². The van der Waals surface area contributed by atoms with Crippen LogP contribution in [0.1, 0.15) is 27.6 Å². The van der Waals surface area contributed by atoms with Crippen LogP contribution in [0.4, 0.5) is 0 Å². The molecule has 4 aromatic rings. The van der Waals surface area contributed by atoms with Crippen LogP contribution in [0, 0.1) is 0 Å². The summed E-state index contributed by atoms with van der Waals surface area (Å²) >= 11 is 1.53. The third kappa shape index (κ3) is 6.37. The maximum atomic E-state index is 13.7. The van der Waals surface area contributed by atoms with E-state index in [0.29, 0.717) is 12.3 Å².